The summed E-state index contributed by atoms with van der Waals surface area (Å²) >= 11 is 13.9. The number of nitrogen functional groups attached to an aromatic ring is 1. The predicted octanol–water partition coefficient (Wildman–Crippen LogP) is 3.64. The minimum absolute atomic E-state index is 0.0185. The normalized spacial score (nSPS) is 13.4. The van der Waals surface area contributed by atoms with Crippen LogP contribution in [0.1, 0.15) is 10.4 Å². The summed E-state index contributed by atoms with van der Waals surface area (Å²) in [6.45, 7) is 3.06. The number of nitrogens with one attached hydrogen (secondary N) is 1. The highest BCUT2D eigenvalue weighted by Crippen LogP contribution is 2.36. The van der Waals surface area contributed by atoms with Crippen LogP contribution in [0, 0.1) is 12.3 Å². The molecule has 0 saturated carbocycles. The Hall–Kier alpha value is -3.03. The second-order valence-corrected chi connectivity index (χ2v) is 9.08. The molecule has 4 rings (SSSR count). The van der Waals surface area contributed by atoms with E-state index in [1.807, 2.05) is 17.0 Å². The maximum absolute atomic E-state index is 12.7. The fraction of sp³-hybridized carbons (Fsp3) is 0.217. The minimum Gasteiger partial charge on any atom is -0.479 e. The zero-order valence-electron chi connectivity index (χ0n) is 17.9. The Bertz CT molecular complexity index is 1240. The maximum Gasteiger partial charge on any atom is 0.253 e. The number of aromatic nitrogens is 3. The maximum atomic E-state index is 12.7. The van der Waals surface area contributed by atoms with E-state index in [1.54, 1.807) is 18.2 Å². The molecule has 1 aromatic heterocycles. The minimum atomic E-state index is 0.0185. The summed E-state index contributed by atoms with van der Waals surface area (Å²) in [5.41, 5.74) is 7.05. The Morgan fingerprint density at radius 1 is 1.15 bits per heavy atom. The summed E-state index contributed by atoms with van der Waals surface area (Å²) < 4.78 is 5.46. The monoisotopic (exact) mass is 514 g/mol. The van der Waals surface area contributed by atoms with E-state index in [1.165, 1.54) is 17.8 Å². The second-order valence-electron chi connectivity index (χ2n) is 7.22. The third-order valence-corrected chi connectivity index (χ3v) is 6.40. The number of nitrogens with zero attached hydrogens (tertiary/aromatic N) is 4. The summed E-state index contributed by atoms with van der Waals surface area (Å²) in [6.07, 6.45) is 5.26. The summed E-state index contributed by atoms with van der Waals surface area (Å²) in [7, 11) is 0. The van der Waals surface area contributed by atoms with E-state index < -0.39 is 0 Å². The Morgan fingerprint density at radius 2 is 1.88 bits per heavy atom. The van der Waals surface area contributed by atoms with Crippen LogP contribution in [0.3, 0.4) is 0 Å². The van der Waals surface area contributed by atoms with Gasteiger partial charge in [-0.3, -0.25) is 4.79 Å². The lowest BCUT2D eigenvalue weighted by Crippen LogP contribution is -2.46. The first-order chi connectivity index (χ1) is 16.4. The van der Waals surface area contributed by atoms with Gasteiger partial charge >= 0.3 is 0 Å². The molecule has 3 aromatic rings. The van der Waals surface area contributed by atoms with Crippen molar-refractivity contribution in [2.75, 3.05) is 38.5 Å². The molecule has 0 bridgehead atoms. The van der Waals surface area contributed by atoms with Crippen LogP contribution in [0.25, 0.3) is 11.4 Å². The third kappa shape index (κ3) is 5.72. The van der Waals surface area contributed by atoms with Crippen molar-refractivity contribution in [3.05, 3.63) is 52.0 Å². The highest BCUT2D eigenvalue weighted by molar-refractivity contribution is 7.99. The molecule has 1 aliphatic rings. The van der Waals surface area contributed by atoms with Gasteiger partial charge in [-0.15, -0.1) is 6.42 Å². The molecule has 0 atom stereocenters. The summed E-state index contributed by atoms with van der Waals surface area (Å²) in [5, 5.41) is 4.26. The molecule has 1 saturated heterocycles. The molecule has 0 aliphatic carbocycles. The lowest BCUT2D eigenvalue weighted by molar-refractivity contribution is 0.0735. The number of hydrogen-bond donors (Lipinski definition) is 2. The van der Waals surface area contributed by atoms with Crippen molar-refractivity contribution < 1.29 is 9.53 Å². The third-order valence-electron chi connectivity index (χ3n) is 4.92. The fourth-order valence-corrected chi connectivity index (χ4v) is 4.57. The molecule has 1 amide bonds. The smallest absolute Gasteiger partial charge is 0.253 e. The van der Waals surface area contributed by atoms with Gasteiger partial charge in [-0.25, -0.2) is 4.98 Å². The van der Waals surface area contributed by atoms with Crippen molar-refractivity contribution in [1.29, 1.82) is 0 Å². The first-order valence-corrected chi connectivity index (χ1v) is 11.9. The number of halogens is 2. The van der Waals surface area contributed by atoms with E-state index in [-0.39, 0.29) is 24.3 Å². The van der Waals surface area contributed by atoms with Crippen molar-refractivity contribution in [3.63, 3.8) is 0 Å². The number of amides is 1. The number of rotatable bonds is 6. The molecule has 1 fully saturated rings. The Kier molecular flexibility index (Phi) is 7.75. The van der Waals surface area contributed by atoms with Gasteiger partial charge in [-0.05, 0) is 48.2 Å². The van der Waals surface area contributed by atoms with Crippen LogP contribution >= 0.6 is 35.0 Å². The van der Waals surface area contributed by atoms with Crippen LogP contribution < -0.4 is 15.8 Å². The topological polar surface area (TPSA) is 106 Å². The molecule has 11 heteroatoms. The van der Waals surface area contributed by atoms with E-state index in [0.717, 1.165) is 18.0 Å². The molecule has 1 aliphatic heterocycles. The average molecular weight is 515 g/mol. The van der Waals surface area contributed by atoms with Crippen molar-refractivity contribution in [3.8, 4) is 29.5 Å². The summed E-state index contributed by atoms with van der Waals surface area (Å²) in [6, 6.07) is 10.4. The number of piperazine rings is 1. The molecular formula is C23H20Cl2N6O2S. The van der Waals surface area contributed by atoms with Gasteiger partial charge in [0.2, 0.25) is 5.95 Å². The first kappa shape index (κ1) is 24.1. The van der Waals surface area contributed by atoms with Crippen LogP contribution in [-0.4, -0.2) is 58.5 Å². The first-order valence-electron chi connectivity index (χ1n) is 10.3. The number of carbonyl (C=O) groups excluding carboxylic acids is 1. The van der Waals surface area contributed by atoms with E-state index in [9.17, 15) is 4.79 Å². The standard InChI is InChI=1S/C23H20Cl2N6O2S/c1-2-11-33-19-12-16(17(24)13-18(19)25)20-28-22(26)30-23(29-20)34-15-5-3-14(4-6-15)21(32)31-9-7-27-8-10-31/h1,3-6,12-13,27H,7-11H2,(H2,26,28,29,30). The Morgan fingerprint density at radius 3 is 2.59 bits per heavy atom. The second kappa shape index (κ2) is 10.9. The van der Waals surface area contributed by atoms with Crippen LogP contribution in [0.2, 0.25) is 10.0 Å². The van der Waals surface area contributed by atoms with Gasteiger partial charge in [0, 0.05) is 42.2 Å². The zero-order valence-corrected chi connectivity index (χ0v) is 20.3. The van der Waals surface area contributed by atoms with Gasteiger partial charge in [0.1, 0.15) is 12.4 Å². The molecule has 0 radical (unpaired) electrons. The molecule has 174 valence electrons. The van der Waals surface area contributed by atoms with Crippen LogP contribution in [0.5, 0.6) is 5.75 Å². The molecule has 34 heavy (non-hydrogen) atoms. The number of carbonyl (C=O) groups is 1. The lowest BCUT2D eigenvalue weighted by Gasteiger charge is -2.27. The lowest BCUT2D eigenvalue weighted by atomic mass is 10.2. The van der Waals surface area contributed by atoms with E-state index in [0.29, 0.717) is 45.2 Å². The fourth-order valence-electron chi connectivity index (χ4n) is 3.29. The van der Waals surface area contributed by atoms with Gasteiger partial charge < -0.3 is 20.7 Å². The molecule has 3 N–H and O–H groups in total. The SMILES string of the molecule is C#CCOc1cc(-c2nc(N)nc(Sc3ccc(C(=O)N4CCNCC4)cc3)n2)c(Cl)cc1Cl. The van der Waals surface area contributed by atoms with Crippen LogP contribution in [0.15, 0.2) is 46.5 Å². The number of nitrogens with two attached hydrogens (primary N) is 1. The average Bonchev–Trinajstić information content (AvgIpc) is 2.84. The number of terminal acetylenes is 1. The Balaban J connectivity index is 1.55. The van der Waals surface area contributed by atoms with Crippen molar-refractivity contribution >= 4 is 46.8 Å². The number of benzene rings is 2. The van der Waals surface area contributed by atoms with Crippen molar-refractivity contribution in [2.24, 2.45) is 0 Å². The summed E-state index contributed by atoms with van der Waals surface area (Å²) in [4.78, 5) is 28.3. The van der Waals surface area contributed by atoms with Gasteiger partial charge in [0.25, 0.3) is 5.91 Å². The predicted molar refractivity (Wildman–Crippen MR) is 133 cm³/mol. The van der Waals surface area contributed by atoms with Crippen LogP contribution in [0.4, 0.5) is 5.95 Å². The molecular weight excluding hydrogens is 495 g/mol. The van der Waals surface area contributed by atoms with E-state index >= 15 is 0 Å². The molecule has 2 heterocycles. The number of hydrogen-bond acceptors (Lipinski definition) is 8. The molecule has 0 spiro atoms. The largest absolute Gasteiger partial charge is 0.479 e. The molecule has 0 unspecified atom stereocenters. The number of anilines is 1. The Labute approximate surface area is 211 Å². The molecule has 8 nitrogen and oxygen atoms in total. The van der Waals surface area contributed by atoms with Gasteiger partial charge in [-0.2, -0.15) is 9.97 Å². The van der Waals surface area contributed by atoms with Crippen LogP contribution in [-0.2, 0) is 0 Å². The van der Waals surface area contributed by atoms with Crippen molar-refractivity contribution in [1.82, 2.24) is 25.2 Å². The number of ether oxygens (including phenoxy) is 1. The quantitative estimate of drug-likeness (QED) is 0.480. The highest BCUT2D eigenvalue weighted by atomic mass is 35.5. The molecule has 2 aromatic carbocycles. The van der Waals surface area contributed by atoms with Gasteiger partial charge in [0.05, 0.1) is 10.0 Å². The zero-order chi connectivity index (χ0) is 24.1. The van der Waals surface area contributed by atoms with Gasteiger partial charge in [-0.1, -0.05) is 29.1 Å². The highest BCUT2D eigenvalue weighted by Gasteiger charge is 2.18. The van der Waals surface area contributed by atoms with Crippen molar-refractivity contribution in [2.45, 2.75) is 10.1 Å². The summed E-state index contributed by atoms with van der Waals surface area (Å²) in [5.74, 6) is 3.07. The van der Waals surface area contributed by atoms with E-state index in [4.69, 9.17) is 40.1 Å². The van der Waals surface area contributed by atoms with Gasteiger partial charge in [0.15, 0.2) is 11.0 Å². The van der Waals surface area contributed by atoms with E-state index in [2.05, 4.69) is 26.2 Å².